The zero-order valence-corrected chi connectivity index (χ0v) is 10.3. The van der Waals surface area contributed by atoms with E-state index in [9.17, 15) is 8.42 Å². The van der Waals surface area contributed by atoms with Crippen LogP contribution in [0.25, 0.3) is 0 Å². The first-order valence-corrected chi connectivity index (χ1v) is 7.46. The first-order valence-electron chi connectivity index (χ1n) is 5.57. The second-order valence-electron chi connectivity index (χ2n) is 5.18. The summed E-state index contributed by atoms with van der Waals surface area (Å²) in [4.78, 5) is 0. The summed E-state index contributed by atoms with van der Waals surface area (Å²) >= 11 is 0. The first-order chi connectivity index (χ1) is 6.89. The van der Waals surface area contributed by atoms with Gasteiger partial charge in [0.05, 0.1) is 6.26 Å². The second-order valence-corrected chi connectivity index (χ2v) is 6.93. The number of fused-ring (bicyclic) bond motifs is 3. The number of rotatable bonds is 3. The van der Waals surface area contributed by atoms with Crippen molar-refractivity contribution in [1.29, 1.82) is 0 Å². The van der Waals surface area contributed by atoms with Gasteiger partial charge in [0.2, 0.25) is 10.0 Å². The maximum Gasteiger partial charge on any atom is 0.209 e. The highest BCUT2D eigenvalue weighted by Crippen LogP contribution is 2.46. The van der Waals surface area contributed by atoms with E-state index in [1.165, 1.54) is 6.26 Å². The van der Waals surface area contributed by atoms with Crippen molar-refractivity contribution in [3.05, 3.63) is 0 Å². The summed E-state index contributed by atoms with van der Waals surface area (Å²) in [6, 6.07) is 0. The van der Waals surface area contributed by atoms with Crippen LogP contribution in [0.5, 0.6) is 0 Å². The number of hydrogen-bond acceptors (Lipinski definition) is 3. The summed E-state index contributed by atoms with van der Waals surface area (Å²) in [5.74, 6) is 0. The zero-order chi connectivity index (χ0) is 11.2. The normalized spacial score (nSPS) is 40.7. The molecule has 0 radical (unpaired) electrons. The Morgan fingerprint density at radius 1 is 0.933 bits per heavy atom. The van der Waals surface area contributed by atoms with Crippen molar-refractivity contribution in [3.63, 3.8) is 0 Å². The van der Waals surface area contributed by atoms with Gasteiger partial charge in [-0.2, -0.15) is 0 Å². The van der Waals surface area contributed by atoms with E-state index in [4.69, 9.17) is 0 Å². The van der Waals surface area contributed by atoms with Crippen LogP contribution in [0.15, 0.2) is 0 Å². The van der Waals surface area contributed by atoms with E-state index in [1.807, 2.05) is 7.05 Å². The molecule has 4 nitrogen and oxygen atoms in total. The molecule has 0 aromatic heterocycles. The highest BCUT2D eigenvalue weighted by atomic mass is 32.2. The van der Waals surface area contributed by atoms with Gasteiger partial charge >= 0.3 is 0 Å². The lowest BCUT2D eigenvalue weighted by Crippen LogP contribution is -2.62. The van der Waals surface area contributed by atoms with Crippen molar-refractivity contribution in [2.75, 3.05) is 13.3 Å². The van der Waals surface area contributed by atoms with Crippen LogP contribution in [0.2, 0.25) is 0 Å². The molecule has 2 N–H and O–H groups in total. The van der Waals surface area contributed by atoms with E-state index in [0.717, 1.165) is 38.5 Å². The predicted molar refractivity (Wildman–Crippen MR) is 60.2 cm³/mol. The van der Waals surface area contributed by atoms with Gasteiger partial charge in [-0.1, -0.05) is 0 Å². The molecule has 0 aromatic rings. The Balaban J connectivity index is 2.10. The topological polar surface area (TPSA) is 58.2 Å². The Morgan fingerprint density at radius 2 is 1.33 bits per heavy atom. The average molecular weight is 232 g/mol. The Labute approximate surface area is 91.9 Å². The van der Waals surface area contributed by atoms with E-state index in [2.05, 4.69) is 10.0 Å². The molecule has 0 atom stereocenters. The molecule has 88 valence electrons. The van der Waals surface area contributed by atoms with Gasteiger partial charge < -0.3 is 5.32 Å². The Kier molecular flexibility index (Phi) is 2.60. The van der Waals surface area contributed by atoms with Crippen LogP contribution in [0.4, 0.5) is 0 Å². The SMILES string of the molecule is CNC12CCC(NS(C)(=O)=O)(CC1)CC2. The van der Waals surface area contributed by atoms with E-state index in [-0.39, 0.29) is 5.54 Å². The minimum atomic E-state index is -3.07. The van der Waals surface area contributed by atoms with Gasteiger partial charge in [0.15, 0.2) is 0 Å². The van der Waals surface area contributed by atoms with Gasteiger partial charge in [-0.05, 0) is 45.6 Å². The van der Waals surface area contributed by atoms with Gasteiger partial charge in [-0.25, -0.2) is 13.1 Å². The summed E-state index contributed by atoms with van der Waals surface area (Å²) in [5, 5.41) is 3.41. The molecule has 0 aromatic carbocycles. The molecule has 0 heterocycles. The summed E-state index contributed by atoms with van der Waals surface area (Å²) in [5.41, 5.74) is 0.160. The van der Waals surface area contributed by atoms with Crippen LogP contribution in [-0.2, 0) is 10.0 Å². The van der Waals surface area contributed by atoms with Gasteiger partial charge in [0.25, 0.3) is 0 Å². The fourth-order valence-corrected chi connectivity index (χ4v) is 4.20. The monoisotopic (exact) mass is 232 g/mol. The molecule has 3 saturated carbocycles. The molecule has 0 saturated heterocycles. The highest BCUT2D eigenvalue weighted by molar-refractivity contribution is 7.88. The lowest BCUT2D eigenvalue weighted by atomic mass is 9.62. The zero-order valence-electron chi connectivity index (χ0n) is 9.47. The molecule has 2 bridgehead atoms. The van der Waals surface area contributed by atoms with Gasteiger partial charge in [0, 0.05) is 11.1 Å². The number of sulfonamides is 1. The average Bonchev–Trinajstić information content (AvgIpc) is 2.17. The minimum Gasteiger partial charge on any atom is -0.314 e. The van der Waals surface area contributed by atoms with Crippen LogP contribution >= 0.6 is 0 Å². The van der Waals surface area contributed by atoms with Crippen molar-refractivity contribution in [3.8, 4) is 0 Å². The molecule has 0 unspecified atom stereocenters. The molecule has 3 aliphatic rings. The standard InChI is InChI=1S/C10H20N2O2S/c1-11-9-3-6-10(7-4-9,8-5-9)12-15(2,13)14/h11-12H,3-8H2,1-2H3. The fourth-order valence-electron chi connectivity index (χ4n) is 3.11. The largest absolute Gasteiger partial charge is 0.314 e. The van der Waals surface area contributed by atoms with Gasteiger partial charge in [-0.3, -0.25) is 0 Å². The Hall–Kier alpha value is -0.130. The lowest BCUT2D eigenvalue weighted by Gasteiger charge is -2.53. The maximum absolute atomic E-state index is 11.3. The second kappa shape index (κ2) is 3.43. The van der Waals surface area contributed by atoms with Gasteiger partial charge in [0.1, 0.15) is 0 Å². The van der Waals surface area contributed by atoms with E-state index >= 15 is 0 Å². The molecule has 3 aliphatic carbocycles. The van der Waals surface area contributed by atoms with Crippen molar-refractivity contribution >= 4 is 10.0 Å². The molecule has 5 heteroatoms. The molecule has 0 amide bonds. The predicted octanol–water partition coefficient (Wildman–Crippen LogP) is 0.600. The fraction of sp³-hybridized carbons (Fsp3) is 1.00. The third-order valence-electron chi connectivity index (χ3n) is 4.18. The van der Waals surface area contributed by atoms with Crippen LogP contribution in [0.1, 0.15) is 38.5 Å². The van der Waals surface area contributed by atoms with E-state index in [1.54, 1.807) is 0 Å². The molecule has 15 heavy (non-hydrogen) atoms. The number of hydrogen-bond donors (Lipinski definition) is 2. The summed E-state index contributed by atoms with van der Waals surface area (Å²) < 4.78 is 25.5. The summed E-state index contributed by atoms with van der Waals surface area (Å²) in [6.45, 7) is 0. The van der Waals surface area contributed by atoms with Crippen molar-refractivity contribution in [2.24, 2.45) is 0 Å². The molecule has 0 spiro atoms. The van der Waals surface area contributed by atoms with Crippen LogP contribution in [0, 0.1) is 0 Å². The highest BCUT2D eigenvalue weighted by Gasteiger charge is 2.48. The van der Waals surface area contributed by atoms with E-state index < -0.39 is 10.0 Å². The van der Waals surface area contributed by atoms with Crippen LogP contribution in [0.3, 0.4) is 0 Å². The quantitative estimate of drug-likeness (QED) is 0.749. The molecular formula is C10H20N2O2S. The molecular weight excluding hydrogens is 212 g/mol. The third kappa shape index (κ3) is 2.19. The van der Waals surface area contributed by atoms with Crippen molar-refractivity contribution in [1.82, 2.24) is 10.0 Å². The molecule has 3 rings (SSSR count). The smallest absolute Gasteiger partial charge is 0.209 e. The first kappa shape index (κ1) is 11.4. The molecule has 0 aliphatic heterocycles. The lowest BCUT2D eigenvalue weighted by molar-refractivity contribution is 0.0778. The summed E-state index contributed by atoms with van der Waals surface area (Å²) in [6.07, 6.45) is 7.45. The Bertz CT molecular complexity index is 326. The third-order valence-corrected chi connectivity index (χ3v) is 4.98. The Morgan fingerprint density at radius 3 is 1.67 bits per heavy atom. The summed E-state index contributed by atoms with van der Waals surface area (Å²) in [7, 11) is -1.05. The van der Waals surface area contributed by atoms with E-state index in [0.29, 0.717) is 5.54 Å². The van der Waals surface area contributed by atoms with Crippen molar-refractivity contribution in [2.45, 2.75) is 49.6 Å². The van der Waals surface area contributed by atoms with Crippen LogP contribution in [-0.4, -0.2) is 32.8 Å². The number of nitrogens with one attached hydrogen (secondary N) is 2. The minimum absolute atomic E-state index is 0.133. The van der Waals surface area contributed by atoms with Crippen molar-refractivity contribution < 1.29 is 8.42 Å². The van der Waals surface area contributed by atoms with Gasteiger partial charge in [-0.15, -0.1) is 0 Å². The molecule has 3 fully saturated rings. The maximum atomic E-state index is 11.3. The van der Waals surface area contributed by atoms with Crippen LogP contribution < -0.4 is 10.0 Å².